The lowest BCUT2D eigenvalue weighted by molar-refractivity contribution is 0.0951. The molecule has 0 radical (unpaired) electrons. The van der Waals surface area contributed by atoms with Crippen molar-refractivity contribution in [1.82, 2.24) is 5.32 Å². The van der Waals surface area contributed by atoms with E-state index in [9.17, 15) is 9.90 Å². The highest BCUT2D eigenvalue weighted by atomic mass is 16.5. The molecule has 1 aliphatic rings. The number of phenolic OH excluding ortho intramolecular Hbond substituents is 1. The summed E-state index contributed by atoms with van der Waals surface area (Å²) in [5.74, 6) is 0.223. The normalized spacial score (nSPS) is 14.1. The highest BCUT2D eigenvalue weighted by Crippen LogP contribution is 2.23. The van der Waals surface area contributed by atoms with Gasteiger partial charge in [0.1, 0.15) is 11.5 Å². The van der Waals surface area contributed by atoms with E-state index in [0.717, 1.165) is 19.3 Å². The van der Waals surface area contributed by atoms with E-state index in [2.05, 4.69) is 11.4 Å². The van der Waals surface area contributed by atoms with Gasteiger partial charge in [0.15, 0.2) is 0 Å². The fourth-order valence-corrected chi connectivity index (χ4v) is 2.23. The summed E-state index contributed by atoms with van der Waals surface area (Å²) in [6, 6.07) is 4.67. The van der Waals surface area contributed by atoms with Crippen LogP contribution in [0.1, 0.15) is 36.0 Å². The maximum absolute atomic E-state index is 11.9. The minimum absolute atomic E-state index is 0.0584. The fraction of sp³-hybridized carbons (Fsp3) is 0.400. The van der Waals surface area contributed by atoms with E-state index in [0.29, 0.717) is 12.3 Å². The van der Waals surface area contributed by atoms with Crippen LogP contribution in [0.5, 0.6) is 11.5 Å². The summed E-state index contributed by atoms with van der Waals surface area (Å²) in [5.41, 5.74) is 1.69. The van der Waals surface area contributed by atoms with Gasteiger partial charge in [0.05, 0.1) is 12.7 Å². The van der Waals surface area contributed by atoms with Gasteiger partial charge in [-0.3, -0.25) is 4.79 Å². The lowest BCUT2D eigenvalue weighted by atomic mass is 10.1. The van der Waals surface area contributed by atoms with E-state index in [1.165, 1.54) is 25.2 Å². The molecular weight excluding hydrogens is 242 g/mol. The number of benzene rings is 1. The van der Waals surface area contributed by atoms with Crippen molar-refractivity contribution < 1.29 is 14.6 Å². The van der Waals surface area contributed by atoms with Crippen molar-refractivity contribution in [2.45, 2.75) is 25.7 Å². The van der Waals surface area contributed by atoms with Gasteiger partial charge in [0.25, 0.3) is 5.91 Å². The summed E-state index contributed by atoms with van der Waals surface area (Å²) >= 11 is 0. The molecule has 102 valence electrons. The van der Waals surface area contributed by atoms with E-state index in [-0.39, 0.29) is 17.2 Å². The zero-order valence-corrected chi connectivity index (χ0v) is 11.1. The second-order valence-electron chi connectivity index (χ2n) is 4.64. The van der Waals surface area contributed by atoms with Gasteiger partial charge in [0.2, 0.25) is 0 Å². The molecule has 0 fully saturated rings. The van der Waals surface area contributed by atoms with Crippen molar-refractivity contribution in [1.29, 1.82) is 0 Å². The maximum atomic E-state index is 11.9. The van der Waals surface area contributed by atoms with Crippen LogP contribution in [0, 0.1) is 0 Å². The minimum Gasteiger partial charge on any atom is -0.507 e. The van der Waals surface area contributed by atoms with Gasteiger partial charge in [-0.1, -0.05) is 11.6 Å². The van der Waals surface area contributed by atoms with E-state index in [1.54, 1.807) is 12.1 Å². The molecule has 1 aliphatic carbocycles. The van der Waals surface area contributed by atoms with Gasteiger partial charge in [0, 0.05) is 12.6 Å². The molecule has 0 saturated heterocycles. The monoisotopic (exact) mass is 261 g/mol. The third kappa shape index (κ3) is 3.50. The second-order valence-corrected chi connectivity index (χ2v) is 4.64. The predicted molar refractivity (Wildman–Crippen MR) is 73.5 cm³/mol. The fourth-order valence-electron chi connectivity index (χ4n) is 2.23. The largest absolute Gasteiger partial charge is 0.507 e. The molecule has 4 nitrogen and oxygen atoms in total. The van der Waals surface area contributed by atoms with Crippen LogP contribution in [0.25, 0.3) is 0 Å². The smallest absolute Gasteiger partial charge is 0.255 e. The number of rotatable bonds is 5. The van der Waals surface area contributed by atoms with Gasteiger partial charge in [-0.05, 0) is 37.8 Å². The minimum atomic E-state index is -0.251. The first-order chi connectivity index (χ1) is 9.20. The summed E-state index contributed by atoms with van der Waals surface area (Å²) in [7, 11) is 1.52. The quantitative estimate of drug-likeness (QED) is 0.801. The van der Waals surface area contributed by atoms with Gasteiger partial charge in [-0.15, -0.1) is 0 Å². The number of hydrogen-bond acceptors (Lipinski definition) is 3. The Hall–Kier alpha value is -1.97. The number of amides is 1. The molecule has 0 saturated carbocycles. The number of ether oxygens (including phenoxy) is 1. The third-order valence-corrected chi connectivity index (χ3v) is 3.32. The molecule has 0 atom stereocenters. The van der Waals surface area contributed by atoms with Crippen LogP contribution in [0.2, 0.25) is 0 Å². The first-order valence-corrected chi connectivity index (χ1v) is 6.54. The Kier molecular flexibility index (Phi) is 4.44. The molecule has 0 bridgehead atoms. The first kappa shape index (κ1) is 13.5. The first-order valence-electron chi connectivity index (χ1n) is 6.54. The highest BCUT2D eigenvalue weighted by Gasteiger charge is 2.12. The molecule has 19 heavy (non-hydrogen) atoms. The number of carbonyl (C=O) groups is 1. The van der Waals surface area contributed by atoms with Crippen molar-refractivity contribution in [2.75, 3.05) is 13.7 Å². The molecule has 0 spiro atoms. The molecule has 0 heterocycles. The highest BCUT2D eigenvalue weighted by molar-refractivity contribution is 5.96. The summed E-state index contributed by atoms with van der Waals surface area (Å²) in [5, 5.41) is 12.6. The van der Waals surface area contributed by atoms with E-state index in [4.69, 9.17) is 4.74 Å². The Morgan fingerprint density at radius 3 is 2.95 bits per heavy atom. The van der Waals surface area contributed by atoms with E-state index >= 15 is 0 Å². The summed E-state index contributed by atoms with van der Waals surface area (Å²) < 4.78 is 4.98. The molecule has 1 aromatic rings. The average molecular weight is 261 g/mol. The number of hydrogen-bond donors (Lipinski definition) is 2. The zero-order valence-electron chi connectivity index (χ0n) is 11.1. The van der Waals surface area contributed by atoms with Crippen LogP contribution < -0.4 is 10.1 Å². The van der Waals surface area contributed by atoms with E-state index < -0.39 is 0 Å². The summed E-state index contributed by atoms with van der Waals surface area (Å²) in [6.45, 7) is 0.607. The molecule has 0 aliphatic heterocycles. The lowest BCUT2D eigenvalue weighted by Crippen LogP contribution is -2.24. The standard InChI is InChI=1S/C15H19NO3/c1-19-12-6-7-13(14(17)10-12)15(18)16-9-8-11-4-2-3-5-11/h4,6-7,10,17H,2-3,5,8-9H2,1H3,(H,16,18). The number of phenols is 1. The van der Waals surface area contributed by atoms with Crippen molar-refractivity contribution in [3.05, 3.63) is 35.4 Å². The van der Waals surface area contributed by atoms with Crippen LogP contribution in [-0.2, 0) is 0 Å². The van der Waals surface area contributed by atoms with Gasteiger partial charge < -0.3 is 15.2 Å². The van der Waals surface area contributed by atoms with Crippen molar-refractivity contribution in [2.24, 2.45) is 0 Å². The van der Waals surface area contributed by atoms with Crippen molar-refractivity contribution in [3.8, 4) is 11.5 Å². The lowest BCUT2D eigenvalue weighted by Gasteiger charge is -2.08. The van der Waals surface area contributed by atoms with Crippen LogP contribution in [0.15, 0.2) is 29.8 Å². The van der Waals surface area contributed by atoms with Gasteiger partial charge in [-0.2, -0.15) is 0 Å². The Morgan fingerprint density at radius 2 is 2.32 bits per heavy atom. The molecule has 4 heteroatoms. The van der Waals surface area contributed by atoms with Crippen LogP contribution in [0.4, 0.5) is 0 Å². The van der Waals surface area contributed by atoms with Crippen molar-refractivity contribution in [3.63, 3.8) is 0 Å². The van der Waals surface area contributed by atoms with E-state index in [1.807, 2.05) is 0 Å². The van der Waals surface area contributed by atoms with Crippen LogP contribution in [0.3, 0.4) is 0 Å². The molecule has 2 rings (SSSR count). The predicted octanol–water partition coefficient (Wildman–Crippen LogP) is 2.63. The third-order valence-electron chi connectivity index (χ3n) is 3.32. The van der Waals surface area contributed by atoms with Gasteiger partial charge in [-0.25, -0.2) is 0 Å². The topological polar surface area (TPSA) is 58.6 Å². The Bertz CT molecular complexity index is 494. The Balaban J connectivity index is 1.88. The number of allylic oxidation sites excluding steroid dienone is 1. The molecule has 0 aromatic heterocycles. The van der Waals surface area contributed by atoms with Crippen molar-refractivity contribution >= 4 is 5.91 Å². The Morgan fingerprint density at radius 1 is 1.47 bits per heavy atom. The van der Waals surface area contributed by atoms with Crippen LogP contribution >= 0.6 is 0 Å². The summed E-state index contributed by atoms with van der Waals surface area (Å²) in [6.07, 6.45) is 6.66. The zero-order chi connectivity index (χ0) is 13.7. The maximum Gasteiger partial charge on any atom is 0.255 e. The molecular formula is C15H19NO3. The average Bonchev–Trinajstić information content (AvgIpc) is 2.91. The molecule has 1 amide bonds. The molecule has 1 aromatic carbocycles. The number of nitrogens with one attached hydrogen (secondary N) is 1. The number of aromatic hydroxyl groups is 1. The van der Waals surface area contributed by atoms with Crippen LogP contribution in [-0.4, -0.2) is 24.7 Å². The summed E-state index contributed by atoms with van der Waals surface area (Å²) in [4.78, 5) is 11.9. The number of methoxy groups -OCH3 is 1. The Labute approximate surface area is 113 Å². The van der Waals surface area contributed by atoms with Gasteiger partial charge >= 0.3 is 0 Å². The number of carbonyl (C=O) groups excluding carboxylic acids is 1. The molecule has 2 N–H and O–H groups in total. The molecule has 0 unspecified atom stereocenters. The SMILES string of the molecule is COc1ccc(C(=O)NCCC2=CCCC2)c(O)c1. The second kappa shape index (κ2) is 6.27.